The average molecular weight is 174 g/mol. The molecule has 0 bridgehead atoms. The molecular formula is C10H8NO2-. The third-order valence-corrected chi connectivity index (χ3v) is 1.95. The van der Waals surface area contributed by atoms with E-state index in [0.29, 0.717) is 11.1 Å². The van der Waals surface area contributed by atoms with Crippen LogP contribution in [-0.4, -0.2) is 0 Å². The highest BCUT2D eigenvalue weighted by atomic mass is 16.5. The number of rotatable bonds is 0. The van der Waals surface area contributed by atoms with E-state index >= 15 is 0 Å². The molecule has 2 rings (SSSR count). The Labute approximate surface area is 75.1 Å². The molecule has 1 N–H and O–H groups in total. The number of aryl methyl sites for hydroxylation is 1. The van der Waals surface area contributed by atoms with Crippen LogP contribution in [0.2, 0.25) is 0 Å². The van der Waals surface area contributed by atoms with Gasteiger partial charge in [0, 0.05) is 5.76 Å². The molecule has 0 aromatic heterocycles. The Morgan fingerprint density at radius 2 is 2.08 bits per heavy atom. The van der Waals surface area contributed by atoms with E-state index in [1.54, 1.807) is 18.2 Å². The van der Waals surface area contributed by atoms with Crippen molar-refractivity contribution in [2.45, 2.75) is 6.92 Å². The highest BCUT2D eigenvalue weighted by molar-refractivity contribution is 5.62. The van der Waals surface area contributed by atoms with Crippen LogP contribution in [-0.2, 0) is 0 Å². The van der Waals surface area contributed by atoms with Gasteiger partial charge in [0.05, 0.1) is 11.3 Å². The van der Waals surface area contributed by atoms with E-state index in [-0.39, 0.29) is 5.95 Å². The zero-order valence-electron chi connectivity index (χ0n) is 7.13. The van der Waals surface area contributed by atoms with Crippen molar-refractivity contribution in [2.75, 3.05) is 0 Å². The van der Waals surface area contributed by atoms with Gasteiger partial charge in [-0.1, -0.05) is 6.07 Å². The predicted molar refractivity (Wildman–Crippen MR) is 45.4 cm³/mol. The van der Waals surface area contributed by atoms with E-state index in [2.05, 4.69) is 0 Å². The minimum Gasteiger partial charge on any atom is -0.579 e. The summed E-state index contributed by atoms with van der Waals surface area (Å²) in [5.41, 5.74) is 1.77. The molecular weight excluding hydrogens is 166 g/mol. The molecule has 0 aromatic carbocycles. The highest BCUT2D eigenvalue weighted by Gasteiger charge is 2.01. The fourth-order valence-corrected chi connectivity index (χ4v) is 1.32. The Morgan fingerprint density at radius 1 is 1.31 bits per heavy atom. The molecule has 1 aliphatic carbocycles. The quantitative estimate of drug-likeness (QED) is 0.653. The first-order chi connectivity index (χ1) is 6.16. The van der Waals surface area contributed by atoms with E-state index in [1.807, 2.05) is 6.92 Å². The lowest BCUT2D eigenvalue weighted by atomic mass is 10.1. The Balaban J connectivity index is 2.86. The SMILES string of the molecule is Cc1cc([O-])oc2cc(=N)ccc1-2. The van der Waals surface area contributed by atoms with Crippen molar-refractivity contribution in [1.82, 2.24) is 0 Å². The minimum atomic E-state index is -0.365. The molecule has 0 saturated carbocycles. The minimum absolute atomic E-state index is 0.348. The molecule has 0 atom stereocenters. The lowest BCUT2D eigenvalue weighted by Gasteiger charge is -2.14. The zero-order valence-corrected chi connectivity index (χ0v) is 7.13. The van der Waals surface area contributed by atoms with Gasteiger partial charge in [0.1, 0.15) is 0 Å². The molecule has 0 aromatic rings. The van der Waals surface area contributed by atoms with Gasteiger partial charge in [-0.05, 0) is 36.2 Å². The molecule has 0 radical (unpaired) electrons. The number of fused-ring (bicyclic) bond motifs is 1. The number of benzene rings is 1. The van der Waals surface area contributed by atoms with Gasteiger partial charge < -0.3 is 14.9 Å². The van der Waals surface area contributed by atoms with Crippen LogP contribution in [0.1, 0.15) is 5.56 Å². The maximum absolute atomic E-state index is 11.0. The van der Waals surface area contributed by atoms with Gasteiger partial charge in [0.15, 0.2) is 0 Å². The van der Waals surface area contributed by atoms with Crippen molar-refractivity contribution < 1.29 is 9.52 Å². The average Bonchev–Trinajstić information content (AvgIpc) is 2.02. The first kappa shape index (κ1) is 7.86. The summed E-state index contributed by atoms with van der Waals surface area (Å²) in [7, 11) is 0. The summed E-state index contributed by atoms with van der Waals surface area (Å²) in [6.07, 6.45) is 0. The zero-order chi connectivity index (χ0) is 9.42. The molecule has 1 heterocycles. The summed E-state index contributed by atoms with van der Waals surface area (Å²) in [4.78, 5) is 0. The van der Waals surface area contributed by atoms with Crippen LogP contribution >= 0.6 is 0 Å². The first-order valence-electron chi connectivity index (χ1n) is 3.93. The molecule has 2 aliphatic rings. The van der Waals surface area contributed by atoms with Gasteiger partial charge in [-0.2, -0.15) is 0 Å². The van der Waals surface area contributed by atoms with Crippen LogP contribution in [0, 0.1) is 12.3 Å². The Kier molecular flexibility index (Phi) is 1.59. The summed E-state index contributed by atoms with van der Waals surface area (Å²) in [6, 6.07) is 6.46. The molecule has 0 unspecified atom stereocenters. The van der Waals surface area contributed by atoms with Crippen molar-refractivity contribution in [3.8, 4) is 17.3 Å². The molecule has 0 saturated heterocycles. The second kappa shape index (κ2) is 2.62. The summed E-state index contributed by atoms with van der Waals surface area (Å²) in [6.45, 7) is 1.85. The summed E-state index contributed by atoms with van der Waals surface area (Å²) >= 11 is 0. The van der Waals surface area contributed by atoms with Gasteiger partial charge in [-0.25, -0.2) is 0 Å². The highest BCUT2D eigenvalue weighted by Crippen LogP contribution is 2.26. The Morgan fingerprint density at radius 3 is 2.85 bits per heavy atom. The Hall–Kier alpha value is -1.77. The van der Waals surface area contributed by atoms with Crippen molar-refractivity contribution >= 4 is 0 Å². The first-order valence-corrected chi connectivity index (χ1v) is 3.93. The summed E-state index contributed by atoms with van der Waals surface area (Å²) < 4.78 is 4.95. The maximum atomic E-state index is 11.0. The van der Waals surface area contributed by atoms with Gasteiger partial charge in [0.2, 0.25) is 0 Å². The second-order valence-corrected chi connectivity index (χ2v) is 2.96. The third-order valence-electron chi connectivity index (χ3n) is 1.95. The molecule has 3 heteroatoms. The van der Waals surface area contributed by atoms with Crippen molar-refractivity contribution in [3.05, 3.63) is 35.2 Å². The van der Waals surface area contributed by atoms with Crippen molar-refractivity contribution in [2.24, 2.45) is 0 Å². The van der Waals surface area contributed by atoms with Crippen LogP contribution < -0.4 is 10.5 Å². The fraction of sp³-hybridized carbons (Fsp3) is 0.100. The molecule has 0 fully saturated rings. The number of hydrogen-bond acceptors (Lipinski definition) is 3. The monoisotopic (exact) mass is 174 g/mol. The number of nitrogens with one attached hydrogen (secondary N) is 1. The van der Waals surface area contributed by atoms with E-state index in [1.165, 1.54) is 6.07 Å². The van der Waals surface area contributed by atoms with Crippen molar-refractivity contribution in [3.63, 3.8) is 0 Å². The third kappa shape index (κ3) is 1.28. The smallest absolute Gasteiger partial charge is 0.0562 e. The van der Waals surface area contributed by atoms with Gasteiger partial charge in [-0.3, -0.25) is 0 Å². The molecule has 13 heavy (non-hydrogen) atoms. The molecule has 0 spiro atoms. The van der Waals surface area contributed by atoms with Crippen LogP contribution in [0.4, 0.5) is 0 Å². The topological polar surface area (TPSA) is 60.1 Å². The Bertz CT molecular complexity index is 473. The van der Waals surface area contributed by atoms with E-state index in [0.717, 1.165) is 11.1 Å². The standard InChI is InChI=1S/C10H9NO2/c1-6-4-10(12)13-9-5-7(11)2-3-8(6)9/h2-5,11-12H,1H3/p-1. The fourth-order valence-electron chi connectivity index (χ4n) is 1.32. The van der Waals surface area contributed by atoms with Gasteiger partial charge in [-0.15, -0.1) is 0 Å². The normalized spacial score (nSPS) is 10.5. The van der Waals surface area contributed by atoms with E-state index in [9.17, 15) is 5.11 Å². The molecule has 3 nitrogen and oxygen atoms in total. The summed E-state index contributed by atoms with van der Waals surface area (Å²) in [5.74, 6) is 0.119. The molecule has 1 aliphatic heterocycles. The maximum Gasteiger partial charge on any atom is 0.0562 e. The van der Waals surface area contributed by atoms with E-state index in [4.69, 9.17) is 9.83 Å². The van der Waals surface area contributed by atoms with E-state index < -0.39 is 0 Å². The predicted octanol–water partition coefficient (Wildman–Crippen LogP) is 1.25. The lowest BCUT2D eigenvalue weighted by Crippen LogP contribution is -2.00. The molecule has 66 valence electrons. The second-order valence-electron chi connectivity index (χ2n) is 2.96. The largest absolute Gasteiger partial charge is 0.579 e. The van der Waals surface area contributed by atoms with Crippen LogP contribution in [0.3, 0.4) is 0 Å². The van der Waals surface area contributed by atoms with Crippen LogP contribution in [0.25, 0.3) is 11.3 Å². The van der Waals surface area contributed by atoms with Gasteiger partial charge >= 0.3 is 0 Å². The van der Waals surface area contributed by atoms with Gasteiger partial charge in [0.25, 0.3) is 0 Å². The van der Waals surface area contributed by atoms with Crippen molar-refractivity contribution in [1.29, 1.82) is 5.41 Å². The van der Waals surface area contributed by atoms with Crippen LogP contribution in [0.5, 0.6) is 5.95 Å². The number of hydrogen-bond donors (Lipinski definition) is 1. The summed E-state index contributed by atoms with van der Waals surface area (Å²) in [5, 5.41) is 18.7. The van der Waals surface area contributed by atoms with Crippen LogP contribution in [0.15, 0.2) is 28.7 Å². The molecule has 0 amide bonds. The lowest BCUT2D eigenvalue weighted by molar-refractivity contribution is -0.294.